The molecule has 3 aromatic carbocycles. The predicted octanol–water partition coefficient (Wildman–Crippen LogP) is 5.82. The number of nitrogens with one attached hydrogen (secondary N) is 1. The van der Waals surface area contributed by atoms with E-state index < -0.39 is 30.1 Å². The average molecular weight is 559 g/mol. The Hall–Kier alpha value is -3.97. The Bertz CT molecular complexity index is 1250. The Balaban J connectivity index is 1.93. The van der Waals surface area contributed by atoms with Crippen molar-refractivity contribution in [2.24, 2.45) is 5.92 Å². The minimum absolute atomic E-state index is 0.143. The van der Waals surface area contributed by atoms with E-state index in [9.17, 15) is 14.4 Å². The number of amides is 1. The van der Waals surface area contributed by atoms with Gasteiger partial charge in [0.15, 0.2) is 0 Å². The summed E-state index contributed by atoms with van der Waals surface area (Å²) < 4.78 is 10.4. The number of benzene rings is 3. The van der Waals surface area contributed by atoms with Crippen LogP contribution in [0.2, 0.25) is 0 Å². The number of nitrogens with zero attached hydrogens (tertiary/aromatic N) is 1. The molecule has 0 aromatic heterocycles. The van der Waals surface area contributed by atoms with Crippen molar-refractivity contribution in [3.05, 3.63) is 90.5 Å². The van der Waals surface area contributed by atoms with Crippen LogP contribution in [-0.2, 0) is 30.3 Å². The van der Waals surface area contributed by atoms with Gasteiger partial charge in [0, 0.05) is 5.69 Å². The Labute approximate surface area is 243 Å². The van der Waals surface area contributed by atoms with Gasteiger partial charge in [0.1, 0.15) is 12.1 Å². The van der Waals surface area contributed by atoms with E-state index >= 15 is 0 Å². The molecule has 1 N–H and O–H groups in total. The Morgan fingerprint density at radius 1 is 0.780 bits per heavy atom. The smallest absolute Gasteiger partial charge is 0.328 e. The summed E-state index contributed by atoms with van der Waals surface area (Å²) in [5, 5.41) is 3.32. The normalized spacial score (nSPS) is 13.2. The Morgan fingerprint density at radius 2 is 1.37 bits per heavy atom. The first-order valence-electron chi connectivity index (χ1n) is 14.3. The fourth-order valence-electron chi connectivity index (χ4n) is 4.85. The van der Waals surface area contributed by atoms with Gasteiger partial charge in [-0.1, -0.05) is 86.6 Å². The molecule has 0 aliphatic carbocycles. The lowest BCUT2D eigenvalue weighted by Gasteiger charge is -2.33. The molecule has 3 atom stereocenters. The minimum Gasteiger partial charge on any atom is -0.467 e. The van der Waals surface area contributed by atoms with Crippen molar-refractivity contribution in [1.29, 1.82) is 0 Å². The summed E-state index contributed by atoms with van der Waals surface area (Å²) in [5.41, 5.74) is 3.70. The van der Waals surface area contributed by atoms with Gasteiger partial charge in [0.05, 0.1) is 19.8 Å². The number of ether oxygens (including phenoxy) is 2. The van der Waals surface area contributed by atoms with Crippen molar-refractivity contribution in [2.45, 2.75) is 65.1 Å². The van der Waals surface area contributed by atoms with Gasteiger partial charge in [-0.05, 0) is 67.9 Å². The lowest BCUT2D eigenvalue weighted by atomic mass is 9.98. The number of carbonyl (C=O) groups is 3. The van der Waals surface area contributed by atoms with Crippen molar-refractivity contribution in [2.75, 3.05) is 18.6 Å². The van der Waals surface area contributed by atoms with Crippen molar-refractivity contribution >= 4 is 23.5 Å². The second-order valence-corrected chi connectivity index (χ2v) is 10.5. The molecule has 0 bridgehead atoms. The van der Waals surface area contributed by atoms with Gasteiger partial charge in [0.25, 0.3) is 0 Å². The zero-order chi connectivity index (χ0) is 29.8. The first-order chi connectivity index (χ1) is 19.7. The molecule has 0 saturated carbocycles. The summed E-state index contributed by atoms with van der Waals surface area (Å²) in [7, 11) is 1.31. The molecule has 0 radical (unpaired) electrons. The second kappa shape index (κ2) is 15.7. The highest BCUT2D eigenvalue weighted by Gasteiger charge is 2.35. The molecule has 0 unspecified atom stereocenters. The fourth-order valence-corrected chi connectivity index (χ4v) is 4.85. The number of esters is 2. The van der Waals surface area contributed by atoms with Crippen LogP contribution in [0.3, 0.4) is 0 Å². The summed E-state index contributed by atoms with van der Waals surface area (Å²) in [6, 6.07) is 25.1. The number of carbonyl (C=O) groups excluding carboxylic acids is 3. The van der Waals surface area contributed by atoms with Crippen molar-refractivity contribution < 1.29 is 23.9 Å². The molecule has 7 nitrogen and oxygen atoms in total. The molecule has 3 aromatic rings. The first-order valence-corrected chi connectivity index (χ1v) is 14.3. The van der Waals surface area contributed by atoms with Crippen LogP contribution in [0.25, 0.3) is 11.1 Å². The number of methoxy groups -OCH3 is 1. The lowest BCUT2D eigenvalue weighted by molar-refractivity contribution is -0.147. The second-order valence-electron chi connectivity index (χ2n) is 10.5. The molecule has 0 spiro atoms. The molecule has 1 amide bonds. The van der Waals surface area contributed by atoms with E-state index in [0.717, 1.165) is 16.7 Å². The fraction of sp³-hybridized carbons (Fsp3) is 0.382. The molecule has 0 saturated heterocycles. The van der Waals surface area contributed by atoms with Crippen LogP contribution >= 0.6 is 0 Å². The van der Waals surface area contributed by atoms with E-state index in [0.29, 0.717) is 24.9 Å². The topological polar surface area (TPSA) is 84.9 Å². The third kappa shape index (κ3) is 9.02. The summed E-state index contributed by atoms with van der Waals surface area (Å²) in [4.78, 5) is 41.5. The third-order valence-electron chi connectivity index (χ3n) is 6.96. The summed E-state index contributed by atoms with van der Waals surface area (Å²) in [5.74, 6) is -1.09. The molecular formula is C34H42N2O5. The van der Waals surface area contributed by atoms with Gasteiger partial charge in [0.2, 0.25) is 5.91 Å². The monoisotopic (exact) mass is 558 g/mol. The number of hydrogen-bond acceptors (Lipinski definition) is 6. The number of anilines is 1. The highest BCUT2D eigenvalue weighted by atomic mass is 16.5. The van der Waals surface area contributed by atoms with E-state index in [-0.39, 0.29) is 18.4 Å². The summed E-state index contributed by atoms with van der Waals surface area (Å²) in [6.07, 6.45) is 1.57. The van der Waals surface area contributed by atoms with Crippen LogP contribution in [0, 0.1) is 5.92 Å². The highest BCUT2D eigenvalue weighted by molar-refractivity contribution is 6.02. The van der Waals surface area contributed by atoms with Crippen molar-refractivity contribution in [1.82, 2.24) is 5.32 Å². The van der Waals surface area contributed by atoms with Crippen molar-refractivity contribution in [3.63, 3.8) is 0 Å². The zero-order valence-electron chi connectivity index (χ0n) is 24.7. The van der Waals surface area contributed by atoms with E-state index in [4.69, 9.17) is 9.47 Å². The maximum Gasteiger partial charge on any atom is 0.328 e. The molecular weight excluding hydrogens is 516 g/mol. The summed E-state index contributed by atoms with van der Waals surface area (Å²) >= 11 is 0. The lowest BCUT2D eigenvalue weighted by Crippen LogP contribution is -2.56. The molecule has 41 heavy (non-hydrogen) atoms. The van der Waals surface area contributed by atoms with Gasteiger partial charge in [-0.2, -0.15) is 0 Å². The predicted molar refractivity (Wildman–Crippen MR) is 162 cm³/mol. The molecule has 0 fully saturated rings. The van der Waals surface area contributed by atoms with E-state index in [1.165, 1.54) is 12.0 Å². The van der Waals surface area contributed by atoms with Gasteiger partial charge in [-0.25, -0.2) is 4.79 Å². The Morgan fingerprint density at radius 3 is 1.93 bits per heavy atom. The largest absolute Gasteiger partial charge is 0.467 e. The maximum atomic E-state index is 14.3. The number of hydrogen-bond donors (Lipinski definition) is 1. The molecule has 7 heteroatoms. The molecule has 3 rings (SSSR count). The first kappa shape index (κ1) is 31.6. The van der Waals surface area contributed by atoms with Crippen LogP contribution < -0.4 is 10.2 Å². The van der Waals surface area contributed by atoms with Crippen LogP contribution in [0.15, 0.2) is 84.9 Å². The van der Waals surface area contributed by atoms with Crippen LogP contribution in [0.4, 0.5) is 5.69 Å². The Kier molecular flexibility index (Phi) is 12.1. The van der Waals surface area contributed by atoms with Crippen LogP contribution in [0.5, 0.6) is 0 Å². The van der Waals surface area contributed by atoms with Crippen LogP contribution in [-0.4, -0.2) is 49.7 Å². The van der Waals surface area contributed by atoms with E-state index in [1.54, 1.807) is 13.8 Å². The van der Waals surface area contributed by atoms with Gasteiger partial charge >= 0.3 is 11.9 Å². The van der Waals surface area contributed by atoms with Crippen molar-refractivity contribution in [3.8, 4) is 11.1 Å². The standard InChI is InChI=1S/C34H42N2O5/c1-6-41-34(39)30(22-17-26-13-9-7-10-14-26)35-31(23-24(2)3)32(37)36(25(4)33(38)40-5)29-20-18-28(19-21-29)27-15-11-8-12-16-27/h7-16,18-21,24-25,30-31,35H,6,17,22-23H2,1-5H3/t25-,30-,31-/m0/s1. The molecule has 0 aliphatic rings. The maximum absolute atomic E-state index is 14.3. The molecule has 218 valence electrons. The highest BCUT2D eigenvalue weighted by Crippen LogP contribution is 2.26. The SMILES string of the molecule is CCOC(=O)[C@H](CCc1ccccc1)N[C@@H](CC(C)C)C(=O)N(c1ccc(-c2ccccc2)cc1)[C@@H](C)C(=O)OC. The molecule has 0 heterocycles. The molecule has 0 aliphatic heterocycles. The quantitative estimate of drug-likeness (QED) is 0.251. The average Bonchev–Trinajstić information content (AvgIpc) is 2.99. The van der Waals surface area contributed by atoms with E-state index in [2.05, 4.69) is 5.32 Å². The summed E-state index contributed by atoms with van der Waals surface area (Å²) in [6.45, 7) is 7.70. The van der Waals surface area contributed by atoms with Gasteiger partial charge < -0.3 is 9.47 Å². The number of rotatable bonds is 14. The third-order valence-corrected chi connectivity index (χ3v) is 6.96. The van der Waals surface area contributed by atoms with Gasteiger partial charge in [-0.15, -0.1) is 0 Å². The minimum atomic E-state index is -0.878. The van der Waals surface area contributed by atoms with Crippen LogP contribution in [0.1, 0.15) is 46.1 Å². The number of aryl methyl sites for hydroxylation is 1. The van der Waals surface area contributed by atoms with Gasteiger partial charge in [-0.3, -0.25) is 19.8 Å². The zero-order valence-corrected chi connectivity index (χ0v) is 24.7. The van der Waals surface area contributed by atoms with E-state index in [1.807, 2.05) is 98.8 Å².